The van der Waals surface area contributed by atoms with Crippen LogP contribution in [0.5, 0.6) is 0 Å². The van der Waals surface area contributed by atoms with Gasteiger partial charge >= 0.3 is 0 Å². The molecule has 1 heteroatoms. The summed E-state index contributed by atoms with van der Waals surface area (Å²) in [5.41, 5.74) is 0.394. The van der Waals surface area contributed by atoms with Gasteiger partial charge in [0.05, 0.1) is 0 Å². The predicted octanol–water partition coefficient (Wildman–Crippen LogP) is 2.79. The summed E-state index contributed by atoms with van der Waals surface area (Å²) in [6, 6.07) is 0. The molecule has 0 aliphatic heterocycles. The Bertz CT molecular complexity index is 233. The fourth-order valence-electron chi connectivity index (χ4n) is 3.09. The molecule has 68 valence electrons. The van der Waals surface area contributed by atoms with Crippen molar-refractivity contribution < 1.29 is 4.79 Å². The number of ketones is 1. The average Bonchev–Trinajstić information content (AvgIpc) is 2.15. The van der Waals surface area contributed by atoms with Gasteiger partial charge in [0.25, 0.3) is 0 Å². The Morgan fingerprint density at radius 3 is 2.67 bits per heavy atom. The summed E-state index contributed by atoms with van der Waals surface area (Å²) < 4.78 is 0. The third-order valence-electron chi connectivity index (χ3n) is 4.35. The number of fused-ring (bicyclic) bond motifs is 2. The van der Waals surface area contributed by atoms with E-state index in [1.54, 1.807) is 0 Å². The Morgan fingerprint density at radius 1 is 1.42 bits per heavy atom. The van der Waals surface area contributed by atoms with E-state index in [0.29, 0.717) is 11.2 Å². The Kier molecular flexibility index (Phi) is 1.47. The lowest BCUT2D eigenvalue weighted by Crippen LogP contribution is -2.31. The molecule has 0 spiro atoms. The summed E-state index contributed by atoms with van der Waals surface area (Å²) >= 11 is 0. The number of Topliss-reactive ketones (excluding diaryl/α,β-unsaturated/α-hetero) is 1. The zero-order valence-corrected chi connectivity index (χ0v) is 8.31. The molecule has 0 radical (unpaired) electrons. The van der Waals surface area contributed by atoms with Crippen LogP contribution in [0.4, 0.5) is 0 Å². The lowest BCUT2D eigenvalue weighted by Gasteiger charge is -2.38. The smallest absolute Gasteiger partial charge is 0.139 e. The third kappa shape index (κ3) is 0.884. The maximum absolute atomic E-state index is 11.7. The maximum atomic E-state index is 11.7. The summed E-state index contributed by atoms with van der Waals surface area (Å²) in [5.74, 6) is 1.27. The molecule has 0 N–H and O–H groups in total. The lowest BCUT2D eigenvalue weighted by molar-refractivity contribution is -0.125. The number of hydrogen-bond acceptors (Lipinski definition) is 1. The van der Waals surface area contributed by atoms with E-state index in [9.17, 15) is 4.79 Å². The van der Waals surface area contributed by atoms with Crippen molar-refractivity contribution in [2.45, 2.75) is 46.5 Å². The Hall–Kier alpha value is -0.330. The van der Waals surface area contributed by atoms with Crippen molar-refractivity contribution in [3.05, 3.63) is 0 Å². The van der Waals surface area contributed by atoms with Gasteiger partial charge in [0, 0.05) is 11.8 Å². The molecule has 0 amide bonds. The minimum absolute atomic E-state index is 0.0568. The fraction of sp³-hybridized carbons (Fsp3) is 0.909. The van der Waals surface area contributed by atoms with Gasteiger partial charge in [-0.25, -0.2) is 0 Å². The van der Waals surface area contributed by atoms with Crippen LogP contribution in [0.15, 0.2) is 0 Å². The zero-order chi connectivity index (χ0) is 8.98. The van der Waals surface area contributed by atoms with Crippen LogP contribution < -0.4 is 0 Å². The highest BCUT2D eigenvalue weighted by Crippen LogP contribution is 2.58. The molecule has 3 atom stereocenters. The van der Waals surface area contributed by atoms with E-state index < -0.39 is 0 Å². The van der Waals surface area contributed by atoms with Crippen molar-refractivity contribution in [2.24, 2.45) is 16.7 Å². The number of carbonyl (C=O) groups excluding carboxylic acids is 1. The van der Waals surface area contributed by atoms with Crippen LogP contribution in [0.3, 0.4) is 0 Å². The fourth-order valence-corrected chi connectivity index (χ4v) is 3.09. The van der Waals surface area contributed by atoms with Gasteiger partial charge in [0.15, 0.2) is 0 Å². The standard InChI is InChI=1S/C11H18O/c1-8-4-5-10(2)7-11(8,3)6-9(10)12/h8H,4-7H2,1-3H3/t8-,10?,11-/m1/s1. The first-order valence-electron chi connectivity index (χ1n) is 5.00. The molecule has 0 heterocycles. The second-order valence-electron chi connectivity index (χ2n) is 5.43. The number of hydrogen-bond donors (Lipinski definition) is 0. The Balaban J connectivity index is 2.34. The monoisotopic (exact) mass is 166 g/mol. The second-order valence-corrected chi connectivity index (χ2v) is 5.43. The highest BCUT2D eigenvalue weighted by atomic mass is 16.1. The highest BCUT2D eigenvalue weighted by molar-refractivity contribution is 5.87. The molecule has 2 aliphatic rings. The van der Waals surface area contributed by atoms with Crippen molar-refractivity contribution in [2.75, 3.05) is 0 Å². The van der Waals surface area contributed by atoms with Crippen LogP contribution in [0, 0.1) is 16.7 Å². The Morgan fingerprint density at radius 2 is 2.08 bits per heavy atom. The lowest BCUT2D eigenvalue weighted by atomic mass is 9.65. The topological polar surface area (TPSA) is 17.1 Å². The van der Waals surface area contributed by atoms with E-state index in [1.165, 1.54) is 6.42 Å². The van der Waals surface area contributed by atoms with Gasteiger partial charge in [-0.3, -0.25) is 4.79 Å². The van der Waals surface area contributed by atoms with Gasteiger partial charge in [-0.2, -0.15) is 0 Å². The van der Waals surface area contributed by atoms with Crippen LogP contribution >= 0.6 is 0 Å². The van der Waals surface area contributed by atoms with Gasteiger partial charge in [-0.1, -0.05) is 20.8 Å². The molecule has 2 saturated carbocycles. The predicted molar refractivity (Wildman–Crippen MR) is 48.9 cm³/mol. The van der Waals surface area contributed by atoms with E-state index in [2.05, 4.69) is 20.8 Å². The molecule has 2 rings (SSSR count). The Labute approximate surface area is 74.5 Å². The second kappa shape index (κ2) is 2.12. The summed E-state index contributed by atoms with van der Waals surface area (Å²) in [6.45, 7) is 6.75. The number of rotatable bonds is 0. The summed E-state index contributed by atoms with van der Waals surface area (Å²) in [6.07, 6.45) is 4.35. The van der Waals surface area contributed by atoms with Crippen molar-refractivity contribution in [3.63, 3.8) is 0 Å². The molecule has 1 nitrogen and oxygen atoms in total. The first-order valence-corrected chi connectivity index (χ1v) is 5.00. The molecule has 0 aromatic heterocycles. The van der Waals surface area contributed by atoms with Gasteiger partial charge in [-0.05, 0) is 30.6 Å². The molecule has 1 unspecified atom stereocenters. The van der Waals surface area contributed by atoms with Gasteiger partial charge < -0.3 is 0 Å². The van der Waals surface area contributed by atoms with Crippen LogP contribution in [0.25, 0.3) is 0 Å². The normalized spacial score (nSPS) is 52.9. The van der Waals surface area contributed by atoms with Crippen molar-refractivity contribution in [1.82, 2.24) is 0 Å². The molecule has 12 heavy (non-hydrogen) atoms. The van der Waals surface area contributed by atoms with Crippen molar-refractivity contribution >= 4 is 5.78 Å². The molecule has 2 fully saturated rings. The van der Waals surface area contributed by atoms with E-state index in [-0.39, 0.29) is 5.41 Å². The van der Waals surface area contributed by atoms with Crippen LogP contribution in [0.2, 0.25) is 0 Å². The zero-order valence-electron chi connectivity index (χ0n) is 8.31. The minimum atomic E-state index is 0.0568. The minimum Gasteiger partial charge on any atom is -0.299 e. The third-order valence-corrected chi connectivity index (χ3v) is 4.35. The van der Waals surface area contributed by atoms with Gasteiger partial charge in [-0.15, -0.1) is 0 Å². The first-order chi connectivity index (χ1) is 5.46. The van der Waals surface area contributed by atoms with Crippen molar-refractivity contribution in [3.8, 4) is 0 Å². The SMILES string of the molecule is C[C@@H]1CCC2(C)C[C@@]1(C)CC2=O. The molecule has 0 aromatic rings. The molecular weight excluding hydrogens is 148 g/mol. The first kappa shape index (κ1) is 8.28. The van der Waals surface area contributed by atoms with Crippen LogP contribution in [-0.4, -0.2) is 5.78 Å². The molecular formula is C11H18O. The van der Waals surface area contributed by atoms with Gasteiger partial charge in [0.2, 0.25) is 0 Å². The average molecular weight is 166 g/mol. The van der Waals surface area contributed by atoms with E-state index >= 15 is 0 Å². The molecule has 0 saturated heterocycles. The summed E-state index contributed by atoms with van der Waals surface area (Å²) in [7, 11) is 0. The molecule has 2 bridgehead atoms. The van der Waals surface area contributed by atoms with E-state index in [0.717, 1.165) is 25.2 Å². The van der Waals surface area contributed by atoms with Crippen LogP contribution in [0.1, 0.15) is 46.5 Å². The number of carbonyl (C=O) groups is 1. The molecule has 2 aliphatic carbocycles. The summed E-state index contributed by atoms with van der Waals surface area (Å²) in [5, 5.41) is 0. The van der Waals surface area contributed by atoms with Gasteiger partial charge in [0.1, 0.15) is 5.78 Å². The molecule has 0 aromatic carbocycles. The van der Waals surface area contributed by atoms with E-state index in [1.807, 2.05) is 0 Å². The van der Waals surface area contributed by atoms with Crippen LogP contribution in [-0.2, 0) is 4.79 Å². The quantitative estimate of drug-likeness (QED) is 0.541. The summed E-state index contributed by atoms with van der Waals surface area (Å²) in [4.78, 5) is 11.7. The largest absolute Gasteiger partial charge is 0.299 e. The maximum Gasteiger partial charge on any atom is 0.139 e. The van der Waals surface area contributed by atoms with E-state index in [4.69, 9.17) is 0 Å². The highest BCUT2D eigenvalue weighted by Gasteiger charge is 2.54. The van der Waals surface area contributed by atoms with Crippen molar-refractivity contribution in [1.29, 1.82) is 0 Å².